The molecule has 1 amide bonds. The van der Waals surface area contributed by atoms with Gasteiger partial charge in [0.15, 0.2) is 0 Å². The molecule has 0 bridgehead atoms. The number of ether oxygens (including phenoxy) is 1. The number of carbonyl (C=O) groups excluding carboxylic acids is 3. The molecule has 7 heteroatoms. The predicted octanol–water partition coefficient (Wildman–Crippen LogP) is 10.7. The fourth-order valence-electron chi connectivity index (χ4n) is 4.83. The second-order valence-electron chi connectivity index (χ2n) is 21.5. The number of nitrogens with one attached hydrogen (secondary N) is 3. The van der Waals surface area contributed by atoms with E-state index in [2.05, 4.69) is 195 Å². The zero-order valence-electron chi connectivity index (χ0n) is 47.0. The van der Waals surface area contributed by atoms with Crippen LogP contribution in [0, 0.1) is 123 Å². The maximum absolute atomic E-state index is 11.7. The molecule has 7 nitrogen and oxygen atoms in total. The van der Waals surface area contributed by atoms with Crippen molar-refractivity contribution >= 4 is 17.5 Å². The molecule has 0 aliphatic heterocycles. The Morgan fingerprint density at radius 1 is 0.500 bits per heavy atom. The monoisotopic (exact) mass is 950 g/mol. The highest BCUT2D eigenvalue weighted by atomic mass is 16.5. The average molecular weight is 950 g/mol. The quantitative estimate of drug-likeness (QED) is 0.106. The van der Waals surface area contributed by atoms with Crippen LogP contribution in [0.5, 0.6) is 0 Å². The van der Waals surface area contributed by atoms with Crippen LogP contribution in [0.2, 0.25) is 0 Å². The van der Waals surface area contributed by atoms with Crippen LogP contribution in [0.1, 0.15) is 181 Å². The van der Waals surface area contributed by atoms with Gasteiger partial charge in [-0.05, 0) is 213 Å². The molecule has 1 aromatic rings. The number of unbranched alkanes of at least 4 members (excludes halogenated alkanes) is 1. The number of hydrogen-bond donors (Lipinski definition) is 3. The van der Waals surface area contributed by atoms with Crippen LogP contribution in [0.3, 0.4) is 0 Å². The molecule has 0 aromatic heterocycles. The number of rotatable bonds is 17. The minimum absolute atomic E-state index is 0.0703. The van der Waals surface area contributed by atoms with Crippen LogP contribution in [0.4, 0.5) is 0 Å². The highest BCUT2D eigenvalue weighted by Crippen LogP contribution is 2.26. The van der Waals surface area contributed by atoms with Crippen molar-refractivity contribution in [1.29, 1.82) is 0 Å². The Hall–Kier alpha value is -6.05. The Labute approximate surface area is 428 Å². The van der Waals surface area contributed by atoms with E-state index >= 15 is 0 Å². The van der Waals surface area contributed by atoms with Crippen LogP contribution in [0.25, 0.3) is 0 Å². The van der Waals surface area contributed by atoms with E-state index in [9.17, 15) is 14.4 Å². The molecule has 0 aliphatic carbocycles. The SMILES string of the molecule is CC#CC#CC#CC#CC#CC#CC#CC#CC#CC.CCC(C)(C)Cc1ccc(CNC(=O)COC(C)(C)C)cc1.CNC(C)(C)CCC(=O)C(C)(C)C.CNC(C)(C)CCCCC(=O)C(C)(C)C. The zero-order chi connectivity index (χ0) is 54.3. The third-order valence-electron chi connectivity index (χ3n) is 10.4. The molecule has 70 heavy (non-hydrogen) atoms. The maximum atomic E-state index is 11.7. The Balaban J connectivity index is -0.000000873. The molecule has 3 N–H and O–H groups in total. The van der Waals surface area contributed by atoms with Crippen LogP contribution in [-0.2, 0) is 32.1 Å². The largest absolute Gasteiger partial charge is 0.366 e. The van der Waals surface area contributed by atoms with Gasteiger partial charge in [-0.3, -0.25) is 14.4 Å². The van der Waals surface area contributed by atoms with E-state index in [0.717, 1.165) is 44.1 Å². The van der Waals surface area contributed by atoms with E-state index in [1.165, 1.54) is 12.0 Å². The molecular weight excluding hydrogens is 863 g/mol. The molecule has 0 saturated heterocycles. The third-order valence-corrected chi connectivity index (χ3v) is 10.4. The third kappa shape index (κ3) is 44.5. The van der Waals surface area contributed by atoms with E-state index in [1.807, 2.05) is 76.4 Å². The normalized spacial score (nSPS) is 10.2. The van der Waals surface area contributed by atoms with Gasteiger partial charge in [0, 0.05) is 41.3 Å². The van der Waals surface area contributed by atoms with E-state index in [-0.39, 0.29) is 40.0 Å². The summed E-state index contributed by atoms with van der Waals surface area (Å²) in [7, 11) is 3.92. The van der Waals surface area contributed by atoms with Crippen LogP contribution >= 0.6 is 0 Å². The molecule has 378 valence electrons. The fourth-order valence-corrected chi connectivity index (χ4v) is 4.83. The number of hydrogen-bond acceptors (Lipinski definition) is 6. The Morgan fingerprint density at radius 2 is 0.857 bits per heavy atom. The lowest BCUT2D eigenvalue weighted by molar-refractivity contribution is -0.130. The van der Waals surface area contributed by atoms with E-state index in [0.29, 0.717) is 29.9 Å². The van der Waals surface area contributed by atoms with E-state index in [4.69, 9.17) is 4.74 Å². The number of benzene rings is 1. The molecular formula is C63H87N3O4. The number of ketones is 2. The van der Waals surface area contributed by atoms with Crippen LogP contribution < -0.4 is 16.0 Å². The molecule has 0 saturated carbocycles. The minimum Gasteiger partial charge on any atom is -0.366 e. The minimum atomic E-state index is -0.287. The van der Waals surface area contributed by atoms with E-state index in [1.54, 1.807) is 13.8 Å². The van der Waals surface area contributed by atoms with Crippen molar-refractivity contribution in [3.8, 4) is 107 Å². The summed E-state index contributed by atoms with van der Waals surface area (Å²) in [5.41, 5.74) is 2.42. The van der Waals surface area contributed by atoms with Gasteiger partial charge in [-0.25, -0.2) is 0 Å². The maximum Gasteiger partial charge on any atom is 0.246 e. The lowest BCUT2D eigenvalue weighted by Gasteiger charge is -2.25. The first kappa shape index (κ1) is 68.2. The summed E-state index contributed by atoms with van der Waals surface area (Å²) in [6.45, 7) is 37.2. The Kier molecular flexibility index (Phi) is 35.9. The standard InChI is InChI=1S/C20H6.C19H31NO2.C13H27NO.C11H23NO/c1-3-5-7-9-11-13-15-17-19-20-18-16-14-12-10-8-6-4-2;1-7-19(5,6)12-15-8-10-16(11-9-15)13-20-17(21)14-22-18(2,3)4;1-12(2,3)11(15)9-7-8-10-13(4,5)14-6;1-10(2,3)9(13)7-8-11(4,5)12-6/h1-2H3;8-11H,7,12-14H2,1-6H3,(H,20,21);14H,7-10H2,1-6H3;12H,7-8H2,1-6H3. The molecule has 1 aromatic carbocycles. The van der Waals surface area contributed by atoms with Crippen molar-refractivity contribution in [1.82, 2.24) is 16.0 Å². The first-order chi connectivity index (χ1) is 32.4. The van der Waals surface area contributed by atoms with Crippen LogP contribution in [0.15, 0.2) is 24.3 Å². The summed E-state index contributed by atoms with van der Waals surface area (Å²) in [4.78, 5) is 35.0. The summed E-state index contributed by atoms with van der Waals surface area (Å²) >= 11 is 0. The Morgan fingerprint density at radius 3 is 1.20 bits per heavy atom. The molecule has 0 atom stereocenters. The van der Waals surface area contributed by atoms with Gasteiger partial charge in [-0.2, -0.15) is 0 Å². The molecule has 0 fully saturated rings. The Bertz CT molecular complexity index is 2280. The highest BCUT2D eigenvalue weighted by molar-refractivity contribution is 5.84. The van der Waals surface area contributed by atoms with Gasteiger partial charge in [0.25, 0.3) is 0 Å². The van der Waals surface area contributed by atoms with Gasteiger partial charge in [0.05, 0.1) is 5.60 Å². The molecule has 0 heterocycles. The lowest BCUT2D eigenvalue weighted by atomic mass is 9.83. The molecule has 0 spiro atoms. The first-order valence-electron chi connectivity index (χ1n) is 24.2. The van der Waals surface area contributed by atoms with E-state index < -0.39 is 0 Å². The molecule has 0 unspecified atom stereocenters. The number of Topliss-reactive ketones (excluding diaryl/α,β-unsaturated/α-hetero) is 2. The van der Waals surface area contributed by atoms with Gasteiger partial charge < -0.3 is 20.7 Å². The average Bonchev–Trinajstić information content (AvgIpc) is 3.28. The van der Waals surface area contributed by atoms with Crippen molar-refractivity contribution in [2.75, 3.05) is 20.7 Å². The smallest absolute Gasteiger partial charge is 0.246 e. The number of carbonyl (C=O) groups is 3. The second-order valence-corrected chi connectivity index (χ2v) is 21.5. The van der Waals surface area contributed by atoms with Crippen molar-refractivity contribution in [3.05, 3.63) is 35.4 Å². The highest BCUT2D eigenvalue weighted by Gasteiger charge is 2.24. The lowest BCUT2D eigenvalue weighted by Crippen LogP contribution is -2.37. The summed E-state index contributed by atoms with van der Waals surface area (Å²) in [6, 6.07) is 8.49. The second kappa shape index (κ2) is 36.9. The van der Waals surface area contributed by atoms with Gasteiger partial charge in [0.2, 0.25) is 5.91 Å². The molecule has 0 radical (unpaired) electrons. The van der Waals surface area contributed by atoms with Crippen molar-refractivity contribution < 1.29 is 19.1 Å². The van der Waals surface area contributed by atoms with Crippen molar-refractivity contribution in [2.24, 2.45) is 16.2 Å². The summed E-state index contributed by atoms with van der Waals surface area (Å²) < 4.78 is 5.45. The van der Waals surface area contributed by atoms with Crippen LogP contribution in [-0.4, -0.2) is 54.9 Å². The van der Waals surface area contributed by atoms with Crippen molar-refractivity contribution in [3.63, 3.8) is 0 Å². The van der Waals surface area contributed by atoms with Gasteiger partial charge in [0.1, 0.15) is 18.2 Å². The topological polar surface area (TPSA) is 96.5 Å². The first-order valence-corrected chi connectivity index (χ1v) is 24.2. The summed E-state index contributed by atoms with van der Waals surface area (Å²) in [5.74, 6) is 46.2. The van der Waals surface area contributed by atoms with Gasteiger partial charge in [-0.15, -0.1) is 0 Å². The fraction of sp³-hybridized carbons (Fsp3) is 0.571. The summed E-state index contributed by atoms with van der Waals surface area (Å²) in [5, 5.41) is 9.36. The molecule has 1 rings (SSSR count). The summed E-state index contributed by atoms with van der Waals surface area (Å²) in [6.07, 6.45) is 7.80. The molecule has 0 aliphatic rings. The zero-order valence-corrected chi connectivity index (χ0v) is 47.0. The van der Waals surface area contributed by atoms with Gasteiger partial charge in [-0.1, -0.05) is 111 Å². The van der Waals surface area contributed by atoms with Crippen molar-refractivity contribution in [2.45, 2.75) is 199 Å². The van der Waals surface area contributed by atoms with Gasteiger partial charge >= 0.3 is 0 Å². The number of amides is 1. The predicted molar refractivity (Wildman–Crippen MR) is 296 cm³/mol.